The zero-order valence-electron chi connectivity index (χ0n) is 14.1. The monoisotopic (exact) mass is 362 g/mol. The number of carbonyl (C=O) groups excluding carboxylic acids is 2. The summed E-state index contributed by atoms with van der Waals surface area (Å²) < 4.78 is 23.5. The second-order valence-corrected chi connectivity index (χ2v) is 8.25. The molecule has 0 aliphatic rings. The van der Waals surface area contributed by atoms with Gasteiger partial charge in [0.15, 0.2) is 9.84 Å². The zero-order chi connectivity index (χ0) is 18.4. The number of rotatable bonds is 9. The van der Waals surface area contributed by atoms with Crippen LogP contribution in [0.4, 0.5) is 5.69 Å². The van der Waals surface area contributed by atoms with E-state index in [0.717, 1.165) is 16.5 Å². The van der Waals surface area contributed by atoms with Crippen molar-refractivity contribution in [2.24, 2.45) is 5.73 Å². The molecule has 0 bridgehead atoms. The van der Waals surface area contributed by atoms with Crippen molar-refractivity contribution in [3.8, 4) is 0 Å². The molecule has 134 valence electrons. The second-order valence-electron chi connectivity index (χ2n) is 6.06. The molecule has 1 atom stereocenters. The number of ketones is 1. The molecule has 0 spiro atoms. The number of nitrogens with two attached hydrogens (primary N) is 1. The number of sulfone groups is 1. The van der Waals surface area contributed by atoms with Gasteiger partial charge < -0.3 is 11.1 Å². The van der Waals surface area contributed by atoms with Crippen LogP contribution in [0.1, 0.15) is 19.8 Å². The van der Waals surface area contributed by atoms with Gasteiger partial charge in [-0.15, -0.1) is 0 Å². The SMILES string of the molecule is CC(=O)CS(=O)(=O)CCC[C@H](Nc1cccc2ccccc12)C(N)=O. The highest BCUT2D eigenvalue weighted by Crippen LogP contribution is 2.24. The average Bonchev–Trinajstić information content (AvgIpc) is 2.52. The molecule has 2 rings (SSSR count). The van der Waals surface area contributed by atoms with Gasteiger partial charge in [0.25, 0.3) is 0 Å². The van der Waals surface area contributed by atoms with Crippen molar-refractivity contribution in [2.75, 3.05) is 16.8 Å². The third-order valence-electron chi connectivity index (χ3n) is 3.83. The summed E-state index contributed by atoms with van der Waals surface area (Å²) in [4.78, 5) is 22.7. The summed E-state index contributed by atoms with van der Waals surface area (Å²) in [6, 6.07) is 12.7. The van der Waals surface area contributed by atoms with Gasteiger partial charge in [-0.1, -0.05) is 36.4 Å². The minimum atomic E-state index is -3.44. The number of primary amides is 1. The number of amides is 1. The molecule has 3 N–H and O–H groups in total. The predicted molar refractivity (Wildman–Crippen MR) is 99.1 cm³/mol. The number of benzene rings is 2. The number of anilines is 1. The summed E-state index contributed by atoms with van der Waals surface area (Å²) in [5, 5.41) is 5.10. The van der Waals surface area contributed by atoms with E-state index in [1.165, 1.54) is 6.92 Å². The number of carbonyl (C=O) groups is 2. The van der Waals surface area contributed by atoms with Crippen LogP contribution in [0.25, 0.3) is 10.8 Å². The van der Waals surface area contributed by atoms with Crippen molar-refractivity contribution in [1.82, 2.24) is 0 Å². The Morgan fingerprint density at radius 1 is 1.12 bits per heavy atom. The molecule has 0 unspecified atom stereocenters. The fraction of sp³-hybridized carbons (Fsp3) is 0.333. The third kappa shape index (κ3) is 5.56. The highest BCUT2D eigenvalue weighted by molar-refractivity contribution is 7.92. The maximum absolute atomic E-state index is 11.8. The predicted octanol–water partition coefficient (Wildman–Crippen LogP) is 1.89. The van der Waals surface area contributed by atoms with Gasteiger partial charge in [0, 0.05) is 11.1 Å². The normalized spacial score (nSPS) is 12.7. The van der Waals surface area contributed by atoms with Crippen molar-refractivity contribution >= 4 is 38.0 Å². The van der Waals surface area contributed by atoms with Crippen LogP contribution in [0.5, 0.6) is 0 Å². The van der Waals surface area contributed by atoms with Crippen molar-refractivity contribution in [3.63, 3.8) is 0 Å². The Morgan fingerprint density at radius 2 is 1.80 bits per heavy atom. The van der Waals surface area contributed by atoms with E-state index in [1.807, 2.05) is 42.5 Å². The van der Waals surface area contributed by atoms with Crippen LogP contribution in [0.3, 0.4) is 0 Å². The number of hydrogen-bond acceptors (Lipinski definition) is 5. The first kappa shape index (κ1) is 18.9. The summed E-state index contributed by atoms with van der Waals surface area (Å²) in [6.07, 6.45) is 0.524. The first-order valence-electron chi connectivity index (χ1n) is 8.02. The maximum Gasteiger partial charge on any atom is 0.239 e. The molecular weight excluding hydrogens is 340 g/mol. The molecule has 0 radical (unpaired) electrons. The number of fused-ring (bicyclic) bond motifs is 1. The third-order valence-corrected chi connectivity index (χ3v) is 5.59. The molecule has 0 aliphatic heterocycles. The Kier molecular flexibility index (Phi) is 6.14. The lowest BCUT2D eigenvalue weighted by atomic mass is 10.1. The van der Waals surface area contributed by atoms with Gasteiger partial charge in [-0.2, -0.15) is 0 Å². The Hall–Kier alpha value is -2.41. The fourth-order valence-corrected chi connectivity index (χ4v) is 4.08. The molecule has 0 aliphatic carbocycles. The van der Waals surface area contributed by atoms with E-state index in [1.54, 1.807) is 0 Å². The Bertz CT molecular complexity index is 872. The molecule has 0 saturated carbocycles. The summed E-state index contributed by atoms with van der Waals surface area (Å²) in [6.45, 7) is 1.24. The van der Waals surface area contributed by atoms with Crippen LogP contribution in [0.15, 0.2) is 42.5 Å². The number of hydrogen-bond donors (Lipinski definition) is 2. The van der Waals surface area contributed by atoms with Gasteiger partial charge in [0.2, 0.25) is 5.91 Å². The van der Waals surface area contributed by atoms with Crippen LogP contribution in [0.2, 0.25) is 0 Å². The lowest BCUT2D eigenvalue weighted by molar-refractivity contribution is -0.119. The van der Waals surface area contributed by atoms with E-state index in [4.69, 9.17) is 5.73 Å². The number of Topliss-reactive ketones (excluding diaryl/α,β-unsaturated/α-hetero) is 1. The van der Waals surface area contributed by atoms with Crippen LogP contribution >= 0.6 is 0 Å². The van der Waals surface area contributed by atoms with Gasteiger partial charge in [-0.25, -0.2) is 8.42 Å². The van der Waals surface area contributed by atoms with Gasteiger partial charge in [-0.05, 0) is 31.2 Å². The van der Waals surface area contributed by atoms with Crippen molar-refractivity contribution < 1.29 is 18.0 Å². The molecule has 0 aromatic heterocycles. The highest BCUT2D eigenvalue weighted by atomic mass is 32.2. The Morgan fingerprint density at radius 3 is 2.48 bits per heavy atom. The smallest absolute Gasteiger partial charge is 0.239 e. The first-order chi connectivity index (χ1) is 11.8. The van der Waals surface area contributed by atoms with Crippen LogP contribution in [0, 0.1) is 0 Å². The van der Waals surface area contributed by atoms with Crippen molar-refractivity contribution in [2.45, 2.75) is 25.8 Å². The molecule has 25 heavy (non-hydrogen) atoms. The van der Waals surface area contributed by atoms with Crippen LogP contribution < -0.4 is 11.1 Å². The van der Waals surface area contributed by atoms with Gasteiger partial charge in [0.1, 0.15) is 17.6 Å². The summed E-state index contributed by atoms with van der Waals surface area (Å²) >= 11 is 0. The molecule has 7 heteroatoms. The van der Waals surface area contributed by atoms with E-state index < -0.39 is 27.5 Å². The van der Waals surface area contributed by atoms with E-state index in [-0.39, 0.29) is 24.4 Å². The maximum atomic E-state index is 11.8. The minimum Gasteiger partial charge on any atom is -0.373 e. The molecule has 0 heterocycles. The van der Waals surface area contributed by atoms with Gasteiger partial charge in [-0.3, -0.25) is 9.59 Å². The van der Waals surface area contributed by atoms with E-state index in [2.05, 4.69) is 5.32 Å². The summed E-state index contributed by atoms with van der Waals surface area (Å²) in [5.41, 5.74) is 6.23. The van der Waals surface area contributed by atoms with E-state index in [9.17, 15) is 18.0 Å². The lowest BCUT2D eigenvalue weighted by Crippen LogP contribution is -2.36. The fourth-order valence-electron chi connectivity index (χ4n) is 2.71. The van der Waals surface area contributed by atoms with Crippen molar-refractivity contribution in [1.29, 1.82) is 0 Å². The summed E-state index contributed by atoms with van der Waals surface area (Å²) in [7, 11) is -3.44. The zero-order valence-corrected chi connectivity index (χ0v) is 14.9. The standard InChI is InChI=1S/C18H22N2O4S/c1-13(21)12-25(23,24)11-5-10-17(18(19)22)20-16-9-4-7-14-6-2-3-8-15(14)16/h2-4,6-9,17,20H,5,10-12H2,1H3,(H2,19,22)/t17-/m0/s1. The molecule has 6 nitrogen and oxygen atoms in total. The molecule has 0 fully saturated rings. The molecule has 2 aromatic rings. The Balaban J connectivity index is 2.06. The second kappa shape index (κ2) is 8.11. The Labute approximate surface area is 147 Å². The minimum absolute atomic E-state index is 0.145. The molecule has 2 aromatic carbocycles. The largest absolute Gasteiger partial charge is 0.373 e. The van der Waals surface area contributed by atoms with Crippen LogP contribution in [-0.2, 0) is 19.4 Å². The van der Waals surface area contributed by atoms with E-state index in [0.29, 0.717) is 0 Å². The summed E-state index contributed by atoms with van der Waals surface area (Å²) in [5.74, 6) is -1.55. The molecule has 1 amide bonds. The van der Waals surface area contributed by atoms with Crippen molar-refractivity contribution in [3.05, 3.63) is 42.5 Å². The number of nitrogens with one attached hydrogen (secondary N) is 1. The van der Waals surface area contributed by atoms with E-state index >= 15 is 0 Å². The van der Waals surface area contributed by atoms with Gasteiger partial charge >= 0.3 is 0 Å². The molecular formula is C18H22N2O4S. The average molecular weight is 362 g/mol. The quantitative estimate of drug-likeness (QED) is 0.708. The van der Waals surface area contributed by atoms with Crippen LogP contribution in [-0.4, -0.2) is 37.7 Å². The molecule has 0 saturated heterocycles. The first-order valence-corrected chi connectivity index (χ1v) is 9.84. The lowest BCUT2D eigenvalue weighted by Gasteiger charge is -2.18. The highest BCUT2D eigenvalue weighted by Gasteiger charge is 2.19. The topological polar surface area (TPSA) is 106 Å². The van der Waals surface area contributed by atoms with Gasteiger partial charge in [0.05, 0.1) is 5.75 Å².